The van der Waals surface area contributed by atoms with Crippen LogP contribution in [0.25, 0.3) is 0 Å². The van der Waals surface area contributed by atoms with Crippen LogP contribution in [0.3, 0.4) is 0 Å². The van der Waals surface area contributed by atoms with E-state index >= 15 is 0 Å². The van der Waals surface area contributed by atoms with Crippen LogP contribution in [0.4, 0.5) is 11.6 Å². The van der Waals surface area contributed by atoms with Gasteiger partial charge in [-0.3, -0.25) is 33.9 Å². The van der Waals surface area contributed by atoms with E-state index in [0.29, 0.717) is 51.3 Å². The molecule has 66 heavy (non-hydrogen) atoms. The Balaban J connectivity index is 0.695. The zero-order chi connectivity index (χ0) is 45.3. The zero-order valence-corrected chi connectivity index (χ0v) is 37.2. The Hall–Kier alpha value is -7.06. The normalized spacial score (nSPS) is 19.9. The lowest BCUT2D eigenvalue weighted by Crippen LogP contribution is -2.47. The molecule has 2 fully saturated rings. The molecule has 0 aliphatic carbocycles. The number of carbonyl (C=O) groups is 4. The maximum Gasteiger partial charge on any atom is 0.291 e. The standard InChI is InChI=1S/C46H54N16O4/c1-55-39-25-34(12-19-57-17-7-18-57)51-61(39)22-14-36(45(55)65)50-44(64)42-48-30-60(54-42)28-32-10-6-11-33(24-32)38-16-21-58(38)20-13-35-26-40-56(2)46(66)37(15-23-62(40)52-35)49-43(63)41-47-29-59(53-41)27-31-8-4-3-5-9-31/h3-6,8-11,24-26,29-30,36-38H,7,12-23,27-28H2,1-2H3,(H,49,63)(H,50,64)/t36-,37+,38?/m0/s1. The van der Waals surface area contributed by atoms with Crippen LogP contribution in [0.2, 0.25) is 0 Å². The predicted molar refractivity (Wildman–Crippen MR) is 242 cm³/mol. The third kappa shape index (κ3) is 9.10. The van der Waals surface area contributed by atoms with Gasteiger partial charge in [0.25, 0.3) is 23.6 Å². The van der Waals surface area contributed by atoms with Crippen LogP contribution in [0.5, 0.6) is 0 Å². The number of amides is 4. The van der Waals surface area contributed by atoms with Gasteiger partial charge in [0.15, 0.2) is 0 Å². The summed E-state index contributed by atoms with van der Waals surface area (Å²) in [5.41, 5.74) is 5.14. The fourth-order valence-corrected chi connectivity index (χ4v) is 9.22. The van der Waals surface area contributed by atoms with Crippen molar-refractivity contribution in [3.63, 3.8) is 0 Å². The summed E-state index contributed by atoms with van der Waals surface area (Å²) in [6, 6.07) is 20.9. The second kappa shape index (κ2) is 18.4. The highest BCUT2D eigenvalue weighted by Crippen LogP contribution is 2.34. The van der Waals surface area contributed by atoms with E-state index in [9.17, 15) is 19.2 Å². The van der Waals surface area contributed by atoms with Crippen molar-refractivity contribution < 1.29 is 19.2 Å². The molecule has 0 bridgehead atoms. The number of rotatable bonds is 15. The van der Waals surface area contributed by atoms with E-state index in [1.54, 1.807) is 39.6 Å². The SMILES string of the molecule is CN1C(=O)[C@@H](NC(=O)c2ncn(Cc3cccc(C4CCN4CCc4cc5n(n4)CC[C@@H](NC(=O)c4ncn(Cc6ccccc6)n4)C(=O)N5C)c3)n2)CCn2nc(CCN3CCC3)cc21. The summed E-state index contributed by atoms with van der Waals surface area (Å²) in [6.07, 6.45) is 7.70. The topological polar surface area (TPSA) is 202 Å². The Morgan fingerprint density at radius 2 is 1.18 bits per heavy atom. The number of likely N-dealkylation sites (tertiary alicyclic amines) is 2. The van der Waals surface area contributed by atoms with Gasteiger partial charge in [-0.05, 0) is 55.5 Å². The fourth-order valence-electron chi connectivity index (χ4n) is 9.22. The summed E-state index contributed by atoms with van der Waals surface area (Å²) < 4.78 is 6.95. The van der Waals surface area contributed by atoms with Gasteiger partial charge < -0.3 is 15.5 Å². The smallest absolute Gasteiger partial charge is 0.291 e. The summed E-state index contributed by atoms with van der Waals surface area (Å²) in [5.74, 6) is 0.0522. The molecule has 0 saturated carbocycles. The van der Waals surface area contributed by atoms with Crippen molar-refractivity contribution in [3.05, 3.63) is 119 Å². The van der Waals surface area contributed by atoms with E-state index in [0.717, 1.165) is 73.9 Å². The average Bonchev–Trinajstić information content (AvgIpc) is 4.11. The van der Waals surface area contributed by atoms with E-state index in [2.05, 4.69) is 52.7 Å². The van der Waals surface area contributed by atoms with Gasteiger partial charge in [0, 0.05) is 77.8 Å². The third-order valence-electron chi connectivity index (χ3n) is 13.2. The molecule has 4 aliphatic rings. The molecular formula is C46H54N16O4. The maximum atomic E-state index is 13.6. The van der Waals surface area contributed by atoms with Crippen molar-refractivity contribution in [2.24, 2.45) is 0 Å². The molecule has 20 nitrogen and oxygen atoms in total. The van der Waals surface area contributed by atoms with Crippen LogP contribution in [0.15, 0.2) is 79.4 Å². The number of anilines is 2. The number of fused-ring (bicyclic) bond motifs is 2. The van der Waals surface area contributed by atoms with Crippen molar-refractivity contribution in [2.75, 3.05) is 56.6 Å². The molecule has 0 spiro atoms. The molecule has 6 aromatic rings. The fraction of sp³-hybridized carbons (Fsp3) is 0.435. The molecule has 3 atom stereocenters. The van der Waals surface area contributed by atoms with Gasteiger partial charge in [-0.1, -0.05) is 54.6 Å². The van der Waals surface area contributed by atoms with Gasteiger partial charge in [0.05, 0.1) is 24.5 Å². The highest BCUT2D eigenvalue weighted by molar-refractivity contribution is 6.01. The van der Waals surface area contributed by atoms with E-state index in [1.807, 2.05) is 64.0 Å². The second-order valence-corrected chi connectivity index (χ2v) is 17.7. The number of hydrogen-bond donors (Lipinski definition) is 2. The molecule has 10 rings (SSSR count). The van der Waals surface area contributed by atoms with Crippen LogP contribution in [-0.2, 0) is 48.6 Å². The minimum atomic E-state index is -0.741. The summed E-state index contributed by atoms with van der Waals surface area (Å²) in [4.78, 5) is 69.9. The molecule has 2 saturated heterocycles. The number of carbonyl (C=O) groups excluding carboxylic acids is 4. The second-order valence-electron chi connectivity index (χ2n) is 17.7. The Morgan fingerprint density at radius 1 is 0.621 bits per heavy atom. The number of aromatic nitrogens is 10. The predicted octanol–water partition coefficient (Wildman–Crippen LogP) is 1.93. The van der Waals surface area contributed by atoms with Crippen LogP contribution < -0.4 is 20.4 Å². The first-order valence-corrected chi connectivity index (χ1v) is 22.8. The molecule has 2 aromatic carbocycles. The monoisotopic (exact) mass is 894 g/mol. The highest BCUT2D eigenvalue weighted by Gasteiger charge is 2.34. The van der Waals surface area contributed by atoms with E-state index < -0.39 is 23.9 Å². The molecule has 1 unspecified atom stereocenters. The molecule has 8 heterocycles. The van der Waals surface area contributed by atoms with Gasteiger partial charge in [-0.25, -0.2) is 28.7 Å². The van der Waals surface area contributed by atoms with Crippen molar-refractivity contribution in [1.29, 1.82) is 0 Å². The first-order valence-electron chi connectivity index (χ1n) is 22.8. The number of nitrogens with one attached hydrogen (secondary N) is 2. The van der Waals surface area contributed by atoms with Gasteiger partial charge >= 0.3 is 0 Å². The summed E-state index contributed by atoms with van der Waals surface area (Å²) >= 11 is 0. The Kier molecular flexibility index (Phi) is 12.0. The number of nitrogens with zero attached hydrogens (tertiary/aromatic N) is 14. The Bertz CT molecular complexity index is 2740. The van der Waals surface area contributed by atoms with Gasteiger partial charge in [0.2, 0.25) is 11.6 Å². The van der Waals surface area contributed by atoms with Crippen LogP contribution in [0, 0.1) is 0 Å². The minimum absolute atomic E-state index is 0.0113. The molecule has 0 radical (unpaired) electrons. The van der Waals surface area contributed by atoms with Crippen molar-refractivity contribution >= 4 is 35.3 Å². The van der Waals surface area contributed by atoms with Crippen LogP contribution >= 0.6 is 0 Å². The lowest BCUT2D eigenvalue weighted by Gasteiger charge is -2.41. The molecule has 342 valence electrons. The quantitative estimate of drug-likeness (QED) is 0.152. The van der Waals surface area contributed by atoms with Gasteiger partial charge in [-0.15, -0.1) is 10.2 Å². The molecule has 20 heteroatoms. The highest BCUT2D eigenvalue weighted by atomic mass is 16.2. The lowest BCUT2D eigenvalue weighted by molar-refractivity contribution is -0.120. The van der Waals surface area contributed by atoms with Crippen molar-refractivity contribution in [2.45, 2.75) is 82.8 Å². The van der Waals surface area contributed by atoms with Gasteiger partial charge in [-0.2, -0.15) is 10.2 Å². The van der Waals surface area contributed by atoms with E-state index in [-0.39, 0.29) is 29.5 Å². The van der Waals surface area contributed by atoms with Crippen LogP contribution in [-0.4, -0.2) is 141 Å². The van der Waals surface area contributed by atoms with Crippen molar-refractivity contribution in [1.82, 2.24) is 69.5 Å². The Labute approximate surface area is 381 Å². The molecule has 4 aromatic heterocycles. The molecule has 2 N–H and O–H groups in total. The number of aryl methyl sites for hydroxylation is 2. The molecular weight excluding hydrogens is 841 g/mol. The first-order chi connectivity index (χ1) is 32.1. The summed E-state index contributed by atoms with van der Waals surface area (Å²) in [6.45, 7) is 6.89. The zero-order valence-electron chi connectivity index (χ0n) is 37.2. The Morgan fingerprint density at radius 3 is 1.73 bits per heavy atom. The summed E-state index contributed by atoms with van der Waals surface area (Å²) in [5, 5.41) is 24.1. The average molecular weight is 895 g/mol. The van der Waals surface area contributed by atoms with Crippen molar-refractivity contribution in [3.8, 4) is 0 Å². The minimum Gasteiger partial charge on any atom is -0.337 e. The van der Waals surface area contributed by atoms with E-state index in [4.69, 9.17) is 10.2 Å². The maximum absolute atomic E-state index is 13.6. The lowest BCUT2D eigenvalue weighted by atomic mass is 9.93. The molecule has 4 amide bonds. The summed E-state index contributed by atoms with van der Waals surface area (Å²) in [7, 11) is 3.44. The first kappa shape index (κ1) is 42.9. The van der Waals surface area contributed by atoms with Gasteiger partial charge in [0.1, 0.15) is 36.4 Å². The van der Waals surface area contributed by atoms with E-state index in [1.165, 1.54) is 18.3 Å². The van der Waals surface area contributed by atoms with Crippen LogP contribution in [0.1, 0.15) is 81.0 Å². The number of benzene rings is 2. The largest absolute Gasteiger partial charge is 0.337 e. The third-order valence-corrected chi connectivity index (χ3v) is 13.2. The molecule has 4 aliphatic heterocycles. The number of likely N-dealkylation sites (N-methyl/N-ethyl adjacent to an activating group) is 2. The number of hydrogen-bond acceptors (Lipinski definition) is 12.